The minimum Gasteiger partial charge on any atom is -0.330 e. The largest absolute Gasteiger partial charge is 0.330 e. The Morgan fingerprint density at radius 2 is 1.89 bits per heavy atom. The predicted octanol–water partition coefficient (Wildman–Crippen LogP) is 2.65. The van der Waals surface area contributed by atoms with Gasteiger partial charge < -0.3 is 9.80 Å². The van der Waals surface area contributed by atoms with Crippen LogP contribution in [0, 0.1) is 5.92 Å². The van der Waals surface area contributed by atoms with Crippen molar-refractivity contribution in [3.8, 4) is 0 Å². The summed E-state index contributed by atoms with van der Waals surface area (Å²) in [5.41, 5.74) is 0.684. The molecule has 3 fully saturated rings. The van der Waals surface area contributed by atoms with Crippen LogP contribution in [-0.2, 0) is 14.4 Å². The standard InChI is InChI=1S/C20H24ClN3O3/c21-15-6-3-7-17(10-15)24-13-22(11-19(24)26)18(25)12-23(16-8-9-16)20(27)14-4-1-2-5-14/h3,6-7,10,14,16H,1-2,4-5,8-9,11-13H2. The van der Waals surface area contributed by atoms with Crippen molar-refractivity contribution in [2.24, 2.45) is 5.92 Å². The van der Waals surface area contributed by atoms with Gasteiger partial charge in [-0.25, -0.2) is 0 Å². The minimum absolute atomic E-state index is 0.0431. The number of carbonyl (C=O) groups is 3. The van der Waals surface area contributed by atoms with Gasteiger partial charge in [0.2, 0.25) is 17.7 Å². The Labute approximate surface area is 164 Å². The van der Waals surface area contributed by atoms with Crippen LogP contribution in [0.25, 0.3) is 0 Å². The summed E-state index contributed by atoms with van der Waals surface area (Å²) in [5.74, 6) is -0.0982. The molecule has 3 amide bonds. The molecule has 1 aliphatic heterocycles. The normalized spacial score (nSPS) is 20.4. The van der Waals surface area contributed by atoms with Crippen LogP contribution in [0.4, 0.5) is 5.69 Å². The van der Waals surface area contributed by atoms with E-state index in [1.54, 1.807) is 34.1 Å². The Balaban J connectivity index is 1.41. The van der Waals surface area contributed by atoms with Crippen LogP contribution in [0.3, 0.4) is 0 Å². The molecule has 1 heterocycles. The maximum absolute atomic E-state index is 12.8. The number of nitrogens with zero attached hydrogens (tertiary/aromatic N) is 3. The average Bonchev–Trinajstić information content (AvgIpc) is 3.18. The number of rotatable bonds is 5. The Kier molecular flexibility index (Phi) is 5.08. The van der Waals surface area contributed by atoms with Crippen molar-refractivity contribution in [3.05, 3.63) is 29.3 Å². The molecule has 0 radical (unpaired) electrons. The van der Waals surface area contributed by atoms with Gasteiger partial charge in [-0.05, 0) is 43.9 Å². The van der Waals surface area contributed by atoms with Gasteiger partial charge in [-0.15, -0.1) is 0 Å². The quantitative estimate of drug-likeness (QED) is 0.777. The number of hydrogen-bond donors (Lipinski definition) is 0. The van der Waals surface area contributed by atoms with Gasteiger partial charge in [0.15, 0.2) is 0 Å². The monoisotopic (exact) mass is 389 g/mol. The maximum atomic E-state index is 12.8. The van der Waals surface area contributed by atoms with E-state index in [-0.39, 0.29) is 49.4 Å². The second-order valence-corrected chi connectivity index (χ2v) is 8.15. The van der Waals surface area contributed by atoms with Crippen molar-refractivity contribution < 1.29 is 14.4 Å². The van der Waals surface area contributed by atoms with Gasteiger partial charge in [0.25, 0.3) is 0 Å². The zero-order chi connectivity index (χ0) is 19.0. The van der Waals surface area contributed by atoms with Crippen LogP contribution in [0.2, 0.25) is 5.02 Å². The van der Waals surface area contributed by atoms with Crippen LogP contribution in [-0.4, -0.2) is 53.3 Å². The number of anilines is 1. The third kappa shape index (κ3) is 3.95. The van der Waals surface area contributed by atoms with E-state index in [1.165, 1.54) is 4.90 Å². The number of carbonyl (C=O) groups excluding carboxylic acids is 3. The summed E-state index contributed by atoms with van der Waals surface area (Å²) in [5, 5.41) is 0.548. The fourth-order valence-corrected chi connectivity index (χ4v) is 4.20. The van der Waals surface area contributed by atoms with E-state index in [4.69, 9.17) is 11.6 Å². The fourth-order valence-electron chi connectivity index (χ4n) is 4.01. The van der Waals surface area contributed by atoms with Crippen molar-refractivity contribution >= 4 is 35.0 Å². The molecule has 0 atom stereocenters. The summed E-state index contributed by atoms with van der Waals surface area (Å²) in [4.78, 5) is 42.9. The molecule has 6 nitrogen and oxygen atoms in total. The number of amides is 3. The maximum Gasteiger partial charge on any atom is 0.248 e. The minimum atomic E-state index is -0.161. The summed E-state index contributed by atoms with van der Waals surface area (Å²) in [6.07, 6.45) is 6.00. The lowest BCUT2D eigenvalue weighted by Gasteiger charge is -2.27. The van der Waals surface area contributed by atoms with Crippen molar-refractivity contribution in [1.29, 1.82) is 0 Å². The molecule has 1 saturated heterocycles. The average molecular weight is 390 g/mol. The van der Waals surface area contributed by atoms with E-state index in [0.717, 1.165) is 38.5 Å². The molecule has 1 aromatic carbocycles. The molecule has 0 bridgehead atoms. The van der Waals surface area contributed by atoms with E-state index < -0.39 is 0 Å². The second-order valence-electron chi connectivity index (χ2n) is 7.71. The highest BCUT2D eigenvalue weighted by Crippen LogP contribution is 2.33. The van der Waals surface area contributed by atoms with E-state index in [1.807, 2.05) is 0 Å². The highest BCUT2D eigenvalue weighted by molar-refractivity contribution is 6.31. The first-order valence-corrected chi connectivity index (χ1v) is 10.0. The zero-order valence-electron chi connectivity index (χ0n) is 15.3. The summed E-state index contributed by atoms with van der Waals surface area (Å²) in [6, 6.07) is 7.25. The lowest BCUT2D eigenvalue weighted by molar-refractivity contribution is -0.143. The molecular formula is C20H24ClN3O3. The molecule has 7 heteroatoms. The summed E-state index contributed by atoms with van der Waals surface area (Å²) in [7, 11) is 0. The Hall–Kier alpha value is -2.08. The van der Waals surface area contributed by atoms with Crippen molar-refractivity contribution in [1.82, 2.24) is 9.80 Å². The Bertz CT molecular complexity index is 759. The molecule has 2 saturated carbocycles. The number of benzene rings is 1. The van der Waals surface area contributed by atoms with Gasteiger partial charge in [0.1, 0.15) is 19.8 Å². The fraction of sp³-hybridized carbons (Fsp3) is 0.550. The summed E-state index contributed by atoms with van der Waals surface area (Å²) >= 11 is 6.01. The van der Waals surface area contributed by atoms with E-state index in [2.05, 4.69) is 0 Å². The third-order valence-electron chi connectivity index (χ3n) is 5.69. The first kappa shape index (κ1) is 18.3. The van der Waals surface area contributed by atoms with Gasteiger partial charge in [-0.3, -0.25) is 19.3 Å². The molecule has 0 unspecified atom stereocenters. The second kappa shape index (κ2) is 7.50. The number of hydrogen-bond acceptors (Lipinski definition) is 3. The van der Waals surface area contributed by atoms with Crippen LogP contribution in [0.15, 0.2) is 24.3 Å². The Morgan fingerprint density at radius 1 is 1.15 bits per heavy atom. The highest BCUT2D eigenvalue weighted by Gasteiger charge is 2.40. The summed E-state index contributed by atoms with van der Waals surface area (Å²) < 4.78 is 0. The first-order chi connectivity index (χ1) is 13.0. The SMILES string of the molecule is O=C(CN(C(=O)C1CCCC1)C1CC1)N1CC(=O)N(c2cccc(Cl)c2)C1. The van der Waals surface area contributed by atoms with Crippen LogP contribution < -0.4 is 4.90 Å². The summed E-state index contributed by atoms with van der Waals surface area (Å²) in [6.45, 7) is 0.326. The van der Waals surface area contributed by atoms with Crippen LogP contribution >= 0.6 is 11.6 Å². The molecule has 27 heavy (non-hydrogen) atoms. The number of halogens is 1. The predicted molar refractivity (Wildman–Crippen MR) is 102 cm³/mol. The topological polar surface area (TPSA) is 60.9 Å². The van der Waals surface area contributed by atoms with Gasteiger partial charge in [0.05, 0.1) is 0 Å². The zero-order valence-corrected chi connectivity index (χ0v) is 16.0. The molecule has 0 N–H and O–H groups in total. The molecule has 4 rings (SSSR count). The lowest BCUT2D eigenvalue weighted by Crippen LogP contribution is -2.45. The van der Waals surface area contributed by atoms with Crippen molar-refractivity contribution in [2.75, 3.05) is 24.7 Å². The molecular weight excluding hydrogens is 366 g/mol. The molecule has 144 valence electrons. The smallest absolute Gasteiger partial charge is 0.248 e. The van der Waals surface area contributed by atoms with E-state index >= 15 is 0 Å². The molecule has 1 aromatic rings. The molecule has 0 spiro atoms. The Morgan fingerprint density at radius 3 is 2.56 bits per heavy atom. The molecule has 3 aliphatic rings. The van der Waals surface area contributed by atoms with Gasteiger partial charge in [-0.1, -0.05) is 30.5 Å². The van der Waals surface area contributed by atoms with Gasteiger partial charge in [0, 0.05) is 22.7 Å². The molecule has 2 aliphatic carbocycles. The third-order valence-corrected chi connectivity index (χ3v) is 5.93. The van der Waals surface area contributed by atoms with Gasteiger partial charge >= 0.3 is 0 Å². The van der Waals surface area contributed by atoms with E-state index in [9.17, 15) is 14.4 Å². The highest BCUT2D eigenvalue weighted by atomic mass is 35.5. The van der Waals surface area contributed by atoms with Gasteiger partial charge in [-0.2, -0.15) is 0 Å². The van der Waals surface area contributed by atoms with Crippen LogP contribution in [0.1, 0.15) is 38.5 Å². The van der Waals surface area contributed by atoms with Crippen molar-refractivity contribution in [3.63, 3.8) is 0 Å². The first-order valence-electron chi connectivity index (χ1n) is 9.67. The van der Waals surface area contributed by atoms with Crippen LogP contribution in [0.5, 0.6) is 0 Å². The molecule has 0 aromatic heterocycles. The van der Waals surface area contributed by atoms with Crippen molar-refractivity contribution in [2.45, 2.75) is 44.6 Å². The van der Waals surface area contributed by atoms with E-state index in [0.29, 0.717) is 10.7 Å². The lowest BCUT2D eigenvalue weighted by atomic mass is 10.1.